The van der Waals surface area contributed by atoms with Crippen LogP contribution in [0.25, 0.3) is 0 Å². The Labute approximate surface area is 48.4 Å². The van der Waals surface area contributed by atoms with E-state index in [-0.39, 0.29) is 5.60 Å². The summed E-state index contributed by atoms with van der Waals surface area (Å²) in [6, 6.07) is 0. The van der Waals surface area contributed by atoms with Gasteiger partial charge in [-0.3, -0.25) is 5.32 Å². The third-order valence-corrected chi connectivity index (χ3v) is 1.82. The zero-order valence-corrected chi connectivity index (χ0v) is 4.74. The second-order valence-electron chi connectivity index (χ2n) is 2.50. The summed E-state index contributed by atoms with van der Waals surface area (Å²) < 4.78 is 5.40. The molecular weight excluding hydrogens is 104 g/mol. The molecule has 0 saturated carbocycles. The van der Waals surface area contributed by atoms with Gasteiger partial charge in [-0.1, -0.05) is 0 Å². The molecule has 0 aromatic rings. The largest absolute Gasteiger partial charge is 0.356 e. The van der Waals surface area contributed by atoms with E-state index >= 15 is 0 Å². The average molecular weight is 114 g/mol. The monoisotopic (exact) mass is 114 g/mol. The van der Waals surface area contributed by atoms with Crippen LogP contribution in [-0.4, -0.2) is 32.0 Å². The van der Waals surface area contributed by atoms with Crippen molar-refractivity contribution in [2.45, 2.75) is 5.60 Å². The molecule has 2 saturated heterocycles. The van der Waals surface area contributed by atoms with Crippen molar-refractivity contribution in [3.63, 3.8) is 0 Å². The molecule has 1 spiro atoms. The molecule has 2 rings (SSSR count). The van der Waals surface area contributed by atoms with Crippen LogP contribution in [0.1, 0.15) is 0 Å². The van der Waals surface area contributed by atoms with Crippen molar-refractivity contribution in [1.82, 2.24) is 10.6 Å². The Kier molecular flexibility index (Phi) is 0.848. The standard InChI is InChI=1S/C5H10N2O/c1-5(2-6-1)3-7-4-8-5/h6-7H,1-4H2. The van der Waals surface area contributed by atoms with E-state index in [2.05, 4.69) is 10.6 Å². The van der Waals surface area contributed by atoms with Gasteiger partial charge in [0.25, 0.3) is 0 Å². The number of rotatable bonds is 0. The lowest BCUT2D eigenvalue weighted by atomic mass is 9.98. The molecule has 0 aromatic carbocycles. The van der Waals surface area contributed by atoms with E-state index in [0.29, 0.717) is 0 Å². The van der Waals surface area contributed by atoms with Crippen LogP contribution in [0, 0.1) is 0 Å². The van der Waals surface area contributed by atoms with Gasteiger partial charge < -0.3 is 10.1 Å². The number of hydrogen-bond donors (Lipinski definition) is 2. The molecule has 0 radical (unpaired) electrons. The van der Waals surface area contributed by atoms with Crippen molar-refractivity contribution in [3.8, 4) is 0 Å². The summed E-state index contributed by atoms with van der Waals surface area (Å²) in [5, 5.41) is 6.33. The molecule has 2 fully saturated rings. The molecule has 8 heavy (non-hydrogen) atoms. The van der Waals surface area contributed by atoms with Gasteiger partial charge in [0.2, 0.25) is 0 Å². The molecule has 2 heterocycles. The molecular formula is C5H10N2O. The van der Waals surface area contributed by atoms with E-state index in [1.165, 1.54) is 0 Å². The van der Waals surface area contributed by atoms with Gasteiger partial charge in [0, 0.05) is 19.6 Å². The minimum absolute atomic E-state index is 0.194. The van der Waals surface area contributed by atoms with E-state index in [1.807, 2.05) is 0 Å². The molecule has 3 heteroatoms. The lowest BCUT2D eigenvalue weighted by Gasteiger charge is -2.36. The van der Waals surface area contributed by atoms with Gasteiger partial charge >= 0.3 is 0 Å². The fourth-order valence-electron chi connectivity index (χ4n) is 1.16. The predicted octanol–water partition coefficient (Wildman–Crippen LogP) is -1.09. The Hall–Kier alpha value is -0.120. The maximum Gasteiger partial charge on any atom is 0.107 e. The fraction of sp³-hybridized carbons (Fsp3) is 1.00. The molecule has 0 aliphatic carbocycles. The molecule has 0 bridgehead atoms. The van der Waals surface area contributed by atoms with Gasteiger partial charge in [0.1, 0.15) is 5.60 Å². The van der Waals surface area contributed by atoms with E-state index < -0.39 is 0 Å². The second kappa shape index (κ2) is 1.43. The summed E-state index contributed by atoms with van der Waals surface area (Å²) in [4.78, 5) is 0. The Balaban J connectivity index is 2.01. The summed E-state index contributed by atoms with van der Waals surface area (Å²) in [5.41, 5.74) is 0.194. The Bertz CT molecular complexity index is 92.6. The first-order valence-electron chi connectivity index (χ1n) is 2.97. The van der Waals surface area contributed by atoms with Gasteiger partial charge in [0.05, 0.1) is 6.73 Å². The average Bonchev–Trinajstić information content (AvgIpc) is 2.07. The SMILES string of the molecule is C1NCC2(CNC2)O1. The van der Waals surface area contributed by atoms with Crippen molar-refractivity contribution < 1.29 is 4.74 Å². The molecule has 2 N–H and O–H groups in total. The highest BCUT2D eigenvalue weighted by molar-refractivity contribution is 4.98. The summed E-state index contributed by atoms with van der Waals surface area (Å²) in [6.07, 6.45) is 0. The van der Waals surface area contributed by atoms with Crippen molar-refractivity contribution in [1.29, 1.82) is 0 Å². The lowest BCUT2D eigenvalue weighted by Crippen LogP contribution is -2.61. The predicted molar refractivity (Wildman–Crippen MR) is 29.6 cm³/mol. The van der Waals surface area contributed by atoms with Gasteiger partial charge in [-0.15, -0.1) is 0 Å². The Morgan fingerprint density at radius 2 is 1.88 bits per heavy atom. The number of hydrogen-bond acceptors (Lipinski definition) is 3. The normalized spacial score (nSPS) is 33.0. The molecule has 0 amide bonds. The van der Waals surface area contributed by atoms with Gasteiger partial charge in [-0.2, -0.15) is 0 Å². The first-order valence-corrected chi connectivity index (χ1v) is 2.97. The molecule has 3 nitrogen and oxygen atoms in total. The van der Waals surface area contributed by atoms with Crippen LogP contribution in [0.5, 0.6) is 0 Å². The van der Waals surface area contributed by atoms with E-state index in [9.17, 15) is 0 Å². The van der Waals surface area contributed by atoms with Crippen LogP contribution in [0.2, 0.25) is 0 Å². The fourth-order valence-corrected chi connectivity index (χ4v) is 1.16. The lowest BCUT2D eigenvalue weighted by molar-refractivity contribution is -0.0285. The van der Waals surface area contributed by atoms with Crippen molar-refractivity contribution >= 4 is 0 Å². The van der Waals surface area contributed by atoms with Gasteiger partial charge in [-0.05, 0) is 0 Å². The van der Waals surface area contributed by atoms with Crippen molar-refractivity contribution in [2.75, 3.05) is 26.4 Å². The smallest absolute Gasteiger partial charge is 0.107 e. The third kappa shape index (κ3) is 0.491. The zero-order valence-electron chi connectivity index (χ0n) is 4.74. The van der Waals surface area contributed by atoms with Crippen LogP contribution in [0.3, 0.4) is 0 Å². The second-order valence-corrected chi connectivity index (χ2v) is 2.50. The first-order chi connectivity index (χ1) is 3.91. The highest BCUT2D eigenvalue weighted by Gasteiger charge is 2.40. The van der Waals surface area contributed by atoms with E-state index in [0.717, 1.165) is 26.4 Å². The molecule has 0 atom stereocenters. The summed E-state index contributed by atoms with van der Waals surface area (Å²) in [7, 11) is 0. The van der Waals surface area contributed by atoms with Crippen LogP contribution >= 0.6 is 0 Å². The highest BCUT2D eigenvalue weighted by atomic mass is 16.5. The zero-order chi connectivity index (χ0) is 5.45. The first kappa shape index (κ1) is 4.73. The maximum absolute atomic E-state index is 5.40. The third-order valence-electron chi connectivity index (χ3n) is 1.82. The quantitative estimate of drug-likeness (QED) is 0.419. The van der Waals surface area contributed by atoms with Crippen molar-refractivity contribution in [2.24, 2.45) is 0 Å². The molecule has 2 aliphatic rings. The van der Waals surface area contributed by atoms with Gasteiger partial charge in [-0.25, -0.2) is 0 Å². The van der Waals surface area contributed by atoms with Crippen LogP contribution < -0.4 is 10.6 Å². The Morgan fingerprint density at radius 3 is 2.12 bits per heavy atom. The van der Waals surface area contributed by atoms with Crippen LogP contribution in [-0.2, 0) is 4.74 Å². The van der Waals surface area contributed by atoms with Crippen LogP contribution in [0.15, 0.2) is 0 Å². The molecule has 0 aromatic heterocycles. The van der Waals surface area contributed by atoms with Crippen molar-refractivity contribution in [3.05, 3.63) is 0 Å². The minimum atomic E-state index is 0.194. The number of nitrogens with one attached hydrogen (secondary N) is 2. The Morgan fingerprint density at radius 1 is 1.12 bits per heavy atom. The van der Waals surface area contributed by atoms with E-state index in [4.69, 9.17) is 4.74 Å². The van der Waals surface area contributed by atoms with Crippen LogP contribution in [0.4, 0.5) is 0 Å². The minimum Gasteiger partial charge on any atom is -0.356 e. The molecule has 46 valence electrons. The molecule has 2 aliphatic heterocycles. The highest BCUT2D eigenvalue weighted by Crippen LogP contribution is 2.18. The summed E-state index contributed by atoms with van der Waals surface area (Å²) in [6.45, 7) is 3.82. The topological polar surface area (TPSA) is 33.3 Å². The van der Waals surface area contributed by atoms with E-state index in [1.54, 1.807) is 0 Å². The molecule has 0 unspecified atom stereocenters. The number of ether oxygens (including phenoxy) is 1. The maximum atomic E-state index is 5.40. The van der Waals surface area contributed by atoms with Gasteiger partial charge in [0.15, 0.2) is 0 Å². The summed E-state index contributed by atoms with van der Waals surface area (Å²) in [5.74, 6) is 0. The summed E-state index contributed by atoms with van der Waals surface area (Å²) >= 11 is 0.